The number of carbonyl (C=O) groups excluding carboxylic acids is 2. The fourth-order valence-corrected chi connectivity index (χ4v) is 5.29. The molecule has 2 N–H and O–H groups in total. The van der Waals surface area contributed by atoms with Crippen LogP contribution < -0.4 is 24.7 Å². The maximum atomic E-state index is 13.8. The molecule has 9 nitrogen and oxygen atoms in total. The summed E-state index contributed by atoms with van der Waals surface area (Å²) in [6.45, 7) is 2.45. The molecule has 4 rings (SSSR count). The lowest BCUT2D eigenvalue weighted by molar-refractivity contribution is -0.135. The van der Waals surface area contributed by atoms with E-state index in [0.29, 0.717) is 62.0 Å². The van der Waals surface area contributed by atoms with E-state index < -0.39 is 0 Å². The lowest BCUT2D eigenvalue weighted by Gasteiger charge is -2.37. The van der Waals surface area contributed by atoms with Gasteiger partial charge in [0.25, 0.3) is 5.91 Å². The van der Waals surface area contributed by atoms with Gasteiger partial charge in [0, 0.05) is 24.7 Å². The number of nitrogens with two attached hydrogens (primary N) is 1. The van der Waals surface area contributed by atoms with E-state index in [-0.39, 0.29) is 24.4 Å². The highest BCUT2D eigenvalue weighted by molar-refractivity contribution is 5.97. The minimum atomic E-state index is -0.267. The van der Waals surface area contributed by atoms with E-state index in [1.165, 1.54) is 19.8 Å². The molecular formula is C30H41N3O6. The van der Waals surface area contributed by atoms with Gasteiger partial charge in [-0.25, -0.2) is 0 Å². The molecule has 0 aliphatic carbocycles. The monoisotopic (exact) mass is 539 g/mol. The fourth-order valence-electron chi connectivity index (χ4n) is 5.29. The van der Waals surface area contributed by atoms with Crippen LogP contribution in [0.25, 0.3) is 0 Å². The highest BCUT2D eigenvalue weighted by Crippen LogP contribution is 2.39. The summed E-state index contributed by atoms with van der Waals surface area (Å²) >= 11 is 0. The number of aryl methyl sites for hydroxylation is 1. The van der Waals surface area contributed by atoms with Crippen LogP contribution in [0.1, 0.15) is 54.4 Å². The molecule has 2 aliphatic heterocycles. The minimum absolute atomic E-state index is 0.0135. The quantitative estimate of drug-likeness (QED) is 0.536. The van der Waals surface area contributed by atoms with Gasteiger partial charge >= 0.3 is 0 Å². The fraction of sp³-hybridized carbons (Fsp3) is 0.533. The molecule has 1 unspecified atom stereocenters. The van der Waals surface area contributed by atoms with Crippen molar-refractivity contribution in [2.45, 2.75) is 51.0 Å². The van der Waals surface area contributed by atoms with Crippen LogP contribution in [0.5, 0.6) is 23.0 Å². The molecule has 0 aromatic heterocycles. The number of benzene rings is 2. The summed E-state index contributed by atoms with van der Waals surface area (Å²) in [4.78, 5) is 31.1. The largest absolute Gasteiger partial charge is 0.494 e. The first-order chi connectivity index (χ1) is 19.0. The summed E-state index contributed by atoms with van der Waals surface area (Å²) in [6.07, 6.45) is 6.11. The number of nitrogens with zero attached hydrogens (tertiary/aromatic N) is 2. The zero-order chi connectivity index (χ0) is 27.6. The number of hydrogen-bond acceptors (Lipinski definition) is 7. The van der Waals surface area contributed by atoms with Crippen LogP contribution in [0.2, 0.25) is 0 Å². The van der Waals surface area contributed by atoms with Crippen LogP contribution in [-0.2, 0) is 11.2 Å². The number of piperidine rings is 1. The maximum absolute atomic E-state index is 13.8. The van der Waals surface area contributed by atoms with Crippen LogP contribution in [0, 0.1) is 0 Å². The minimum Gasteiger partial charge on any atom is -0.494 e. The first kappa shape index (κ1) is 28.5. The van der Waals surface area contributed by atoms with Gasteiger partial charge in [0.1, 0.15) is 12.3 Å². The lowest BCUT2D eigenvalue weighted by atomic mass is 9.95. The molecular weight excluding hydrogens is 498 g/mol. The molecule has 2 amide bonds. The van der Waals surface area contributed by atoms with Gasteiger partial charge in [-0.2, -0.15) is 0 Å². The van der Waals surface area contributed by atoms with Crippen LogP contribution in [0.3, 0.4) is 0 Å². The number of ether oxygens (including phenoxy) is 4. The maximum Gasteiger partial charge on any atom is 0.254 e. The molecule has 2 heterocycles. The lowest BCUT2D eigenvalue weighted by Crippen LogP contribution is -2.49. The Kier molecular flexibility index (Phi) is 10.3. The Bertz CT molecular complexity index is 1100. The second-order valence-electron chi connectivity index (χ2n) is 10.1. The molecule has 1 atom stereocenters. The number of amides is 2. The van der Waals surface area contributed by atoms with E-state index in [0.717, 1.165) is 44.4 Å². The van der Waals surface area contributed by atoms with Crippen LogP contribution in [0.15, 0.2) is 36.4 Å². The Morgan fingerprint density at radius 3 is 2.59 bits per heavy atom. The van der Waals surface area contributed by atoms with Crippen molar-refractivity contribution in [3.05, 3.63) is 47.5 Å². The highest BCUT2D eigenvalue weighted by atomic mass is 16.5. The van der Waals surface area contributed by atoms with Gasteiger partial charge in [0.05, 0.1) is 27.4 Å². The third kappa shape index (κ3) is 7.35. The van der Waals surface area contributed by atoms with Crippen molar-refractivity contribution in [1.29, 1.82) is 0 Å². The van der Waals surface area contributed by atoms with E-state index in [1.807, 2.05) is 17.0 Å². The number of methoxy groups -OCH3 is 2. The average Bonchev–Trinajstić information content (AvgIpc) is 2.97. The number of fused-ring (bicyclic) bond motifs is 3. The standard InChI is InChI=1S/C30H41N3O6/c1-36-26-19-23(20-27(37-2)29(26)39-16-6-13-31)30(35)32-14-7-17-38-25-10-5-8-22(18-25)11-12-24-9-3-4-15-33(24)28(34)21-32/h5,8,10,18-20,24H,3-4,6-7,9,11-17,21,31H2,1-2H3. The molecule has 212 valence electrons. The highest BCUT2D eigenvalue weighted by Gasteiger charge is 2.30. The normalized spacial score (nSPS) is 18.4. The van der Waals surface area contributed by atoms with Gasteiger partial charge in [-0.3, -0.25) is 9.59 Å². The summed E-state index contributed by atoms with van der Waals surface area (Å²) in [5, 5.41) is 0. The van der Waals surface area contributed by atoms with Crippen molar-refractivity contribution in [1.82, 2.24) is 9.80 Å². The van der Waals surface area contributed by atoms with E-state index >= 15 is 0 Å². The number of hydrogen-bond donors (Lipinski definition) is 1. The summed E-state index contributed by atoms with van der Waals surface area (Å²) < 4.78 is 22.9. The van der Waals surface area contributed by atoms with Gasteiger partial charge in [-0.1, -0.05) is 12.1 Å². The van der Waals surface area contributed by atoms with Gasteiger partial charge in [0.2, 0.25) is 11.7 Å². The van der Waals surface area contributed by atoms with Crippen LogP contribution >= 0.6 is 0 Å². The molecule has 9 heteroatoms. The Balaban J connectivity index is 1.59. The van der Waals surface area contributed by atoms with E-state index in [9.17, 15) is 9.59 Å². The molecule has 1 fully saturated rings. The van der Waals surface area contributed by atoms with Crippen LogP contribution in [-0.4, -0.2) is 81.3 Å². The molecule has 2 aromatic rings. The molecule has 2 aliphatic rings. The Morgan fingerprint density at radius 2 is 1.85 bits per heavy atom. The molecule has 39 heavy (non-hydrogen) atoms. The van der Waals surface area contributed by atoms with Gasteiger partial charge in [-0.15, -0.1) is 0 Å². The summed E-state index contributed by atoms with van der Waals surface area (Å²) in [6, 6.07) is 11.6. The topological polar surface area (TPSA) is 104 Å². The van der Waals surface area contributed by atoms with Crippen molar-refractivity contribution in [2.24, 2.45) is 5.73 Å². The summed E-state index contributed by atoms with van der Waals surface area (Å²) in [7, 11) is 3.04. The number of carbonyl (C=O) groups is 2. The van der Waals surface area contributed by atoms with Crippen molar-refractivity contribution in [3.8, 4) is 23.0 Å². The van der Waals surface area contributed by atoms with Crippen molar-refractivity contribution in [2.75, 3.05) is 53.6 Å². The second kappa shape index (κ2) is 14.1. The summed E-state index contributed by atoms with van der Waals surface area (Å²) in [5.74, 6) is 1.76. The Morgan fingerprint density at radius 1 is 1.05 bits per heavy atom. The van der Waals surface area contributed by atoms with E-state index in [2.05, 4.69) is 12.1 Å². The Labute approximate surface area is 231 Å². The van der Waals surface area contributed by atoms with Crippen molar-refractivity contribution in [3.63, 3.8) is 0 Å². The third-order valence-electron chi connectivity index (χ3n) is 7.37. The second-order valence-corrected chi connectivity index (χ2v) is 10.1. The SMILES string of the molecule is COc1cc(C(=O)N2CCCOc3cccc(c3)CCC3CCCCN3C(=O)C2)cc(OC)c1OCCCN. The smallest absolute Gasteiger partial charge is 0.254 e. The molecule has 1 saturated heterocycles. The first-order valence-electron chi connectivity index (χ1n) is 13.9. The zero-order valence-electron chi connectivity index (χ0n) is 23.2. The first-order valence-corrected chi connectivity index (χ1v) is 13.9. The van der Waals surface area contributed by atoms with Gasteiger partial charge < -0.3 is 34.5 Å². The molecule has 0 radical (unpaired) electrons. The van der Waals surface area contributed by atoms with Crippen molar-refractivity contribution < 1.29 is 28.5 Å². The Hall–Kier alpha value is -3.46. The average molecular weight is 540 g/mol. The van der Waals surface area contributed by atoms with E-state index in [1.54, 1.807) is 17.0 Å². The zero-order valence-corrected chi connectivity index (χ0v) is 23.2. The molecule has 0 spiro atoms. The predicted octanol–water partition coefficient (Wildman–Crippen LogP) is 3.67. The third-order valence-corrected chi connectivity index (χ3v) is 7.37. The summed E-state index contributed by atoms with van der Waals surface area (Å²) in [5.41, 5.74) is 7.18. The number of rotatable bonds is 7. The van der Waals surface area contributed by atoms with Crippen LogP contribution in [0.4, 0.5) is 0 Å². The molecule has 0 saturated carbocycles. The van der Waals surface area contributed by atoms with Gasteiger partial charge in [0.15, 0.2) is 11.5 Å². The molecule has 2 aromatic carbocycles. The van der Waals surface area contributed by atoms with Gasteiger partial charge in [-0.05, 0) is 81.3 Å². The van der Waals surface area contributed by atoms with E-state index in [4.69, 9.17) is 24.7 Å². The predicted molar refractivity (Wildman–Crippen MR) is 149 cm³/mol. The van der Waals surface area contributed by atoms with Crippen molar-refractivity contribution >= 4 is 11.8 Å². The molecule has 2 bridgehead atoms.